The number of aliphatic hydroxyl groups is 1. The maximum absolute atomic E-state index is 13.2. The average Bonchev–Trinajstić information content (AvgIpc) is 3.41. The Hall–Kier alpha value is -2.76. The summed E-state index contributed by atoms with van der Waals surface area (Å²) in [7, 11) is -4.09. The lowest BCUT2D eigenvalue weighted by Gasteiger charge is -2.29. The van der Waals surface area contributed by atoms with Gasteiger partial charge in [-0.2, -0.15) is 4.72 Å². The van der Waals surface area contributed by atoms with E-state index in [2.05, 4.69) is 4.72 Å². The second kappa shape index (κ2) is 11.0. The highest BCUT2D eigenvalue weighted by atomic mass is 35.5. The number of hydrogen-bond acceptors (Lipinski definition) is 6. The number of nitrogens with zero attached hydrogens (tertiary/aromatic N) is 1. The van der Waals surface area contributed by atoms with Crippen molar-refractivity contribution in [2.45, 2.75) is 53.9 Å². The third-order valence-corrected chi connectivity index (χ3v) is 10.8. The van der Waals surface area contributed by atoms with Gasteiger partial charge in [0.05, 0.1) is 6.10 Å². The van der Waals surface area contributed by atoms with Crippen LogP contribution in [-0.4, -0.2) is 60.1 Å². The van der Waals surface area contributed by atoms with Crippen LogP contribution in [0.25, 0.3) is 10.4 Å². The number of carboxylic acid groups (broad SMARTS) is 1. The van der Waals surface area contributed by atoms with Gasteiger partial charge in [-0.1, -0.05) is 48.0 Å². The molecule has 0 spiro atoms. The Morgan fingerprint density at radius 3 is 2.49 bits per heavy atom. The van der Waals surface area contributed by atoms with Crippen LogP contribution >= 0.6 is 22.9 Å². The highest BCUT2D eigenvalue weighted by molar-refractivity contribution is 7.91. The maximum Gasteiger partial charge on any atom is 0.325 e. The molecular weight excluding hydrogens is 560 g/mol. The van der Waals surface area contributed by atoms with Gasteiger partial charge in [0.2, 0.25) is 5.91 Å². The molecule has 5 rings (SSSR count). The number of rotatable bonds is 9. The fourth-order valence-electron chi connectivity index (χ4n) is 5.07. The SMILES string of the molecule is O=C(CCc1cccc(C2CC2(NS(=O)(=O)c2ccc(-c3ccc(Cl)cc3)s2)C(=O)O)c1)N1CCC(O)CC1. The third kappa shape index (κ3) is 6.05. The van der Waals surface area contributed by atoms with Gasteiger partial charge in [-0.3, -0.25) is 9.59 Å². The third-order valence-electron chi connectivity index (χ3n) is 7.43. The number of carbonyl (C=O) groups excluding carboxylic acids is 1. The monoisotopic (exact) mass is 588 g/mol. The molecule has 2 aromatic carbocycles. The first-order valence-electron chi connectivity index (χ1n) is 12.8. The molecule has 2 heterocycles. The lowest BCUT2D eigenvalue weighted by atomic mass is 10.0. The van der Waals surface area contributed by atoms with Crippen LogP contribution in [0.5, 0.6) is 0 Å². The Morgan fingerprint density at radius 2 is 1.79 bits per heavy atom. The predicted octanol–water partition coefficient (Wildman–Crippen LogP) is 4.27. The summed E-state index contributed by atoms with van der Waals surface area (Å²) in [6, 6.07) is 17.6. The number of sulfonamides is 1. The minimum absolute atomic E-state index is 0.0280. The first-order chi connectivity index (χ1) is 18.6. The number of aryl methyl sites for hydroxylation is 1. The molecule has 0 radical (unpaired) electrons. The Morgan fingerprint density at radius 1 is 1.08 bits per heavy atom. The molecule has 1 aliphatic heterocycles. The van der Waals surface area contributed by atoms with Gasteiger partial charge in [0.1, 0.15) is 9.75 Å². The number of hydrogen-bond donors (Lipinski definition) is 3. The minimum atomic E-state index is -4.09. The van der Waals surface area contributed by atoms with E-state index in [9.17, 15) is 28.2 Å². The van der Waals surface area contributed by atoms with Crippen molar-refractivity contribution in [1.29, 1.82) is 0 Å². The van der Waals surface area contributed by atoms with Crippen LogP contribution in [0.3, 0.4) is 0 Å². The van der Waals surface area contributed by atoms with E-state index >= 15 is 0 Å². The van der Waals surface area contributed by atoms with Gasteiger partial charge in [-0.25, -0.2) is 8.42 Å². The lowest BCUT2D eigenvalue weighted by Crippen LogP contribution is -2.44. The van der Waals surface area contributed by atoms with Gasteiger partial charge >= 0.3 is 5.97 Å². The van der Waals surface area contributed by atoms with Crippen LogP contribution in [-0.2, 0) is 26.0 Å². The summed E-state index contributed by atoms with van der Waals surface area (Å²) in [5, 5.41) is 20.3. The fraction of sp³-hybridized carbons (Fsp3) is 0.357. The number of benzene rings is 2. The van der Waals surface area contributed by atoms with Crippen molar-refractivity contribution in [1.82, 2.24) is 9.62 Å². The summed E-state index contributed by atoms with van der Waals surface area (Å²) in [5.41, 5.74) is 0.792. The van der Waals surface area contributed by atoms with Crippen molar-refractivity contribution in [2.75, 3.05) is 13.1 Å². The molecule has 206 valence electrons. The average molecular weight is 589 g/mol. The van der Waals surface area contributed by atoms with E-state index in [-0.39, 0.29) is 22.6 Å². The number of carbonyl (C=O) groups is 2. The molecule has 3 N–H and O–H groups in total. The number of carboxylic acids is 1. The maximum atomic E-state index is 13.2. The smallest absolute Gasteiger partial charge is 0.325 e. The van der Waals surface area contributed by atoms with Gasteiger partial charge in [-0.15, -0.1) is 11.3 Å². The number of aliphatic hydroxyl groups excluding tert-OH is 1. The van der Waals surface area contributed by atoms with Crippen LogP contribution < -0.4 is 4.72 Å². The second-order valence-corrected chi connectivity index (χ2v) is 13.6. The normalized spacial score (nSPS) is 21.6. The van der Waals surface area contributed by atoms with E-state index in [4.69, 9.17) is 11.6 Å². The van der Waals surface area contributed by atoms with E-state index < -0.39 is 27.4 Å². The number of thiophene rings is 1. The molecule has 1 saturated carbocycles. The number of halogens is 1. The van der Waals surface area contributed by atoms with Crippen molar-refractivity contribution in [3.8, 4) is 10.4 Å². The predicted molar refractivity (Wildman–Crippen MR) is 149 cm³/mol. The van der Waals surface area contributed by atoms with Crippen LogP contribution in [0, 0.1) is 0 Å². The highest BCUT2D eigenvalue weighted by Gasteiger charge is 2.63. The molecule has 2 aliphatic rings. The largest absolute Gasteiger partial charge is 0.480 e. The number of nitrogens with one attached hydrogen (secondary N) is 1. The van der Waals surface area contributed by atoms with Crippen molar-refractivity contribution >= 4 is 44.8 Å². The molecule has 1 aromatic heterocycles. The van der Waals surface area contributed by atoms with Crippen LogP contribution in [0.1, 0.15) is 42.7 Å². The van der Waals surface area contributed by atoms with Crippen LogP contribution in [0.2, 0.25) is 5.02 Å². The topological polar surface area (TPSA) is 124 Å². The molecule has 1 amide bonds. The summed E-state index contributed by atoms with van der Waals surface area (Å²) < 4.78 is 29.0. The molecular formula is C28H29ClN2O6S2. The molecule has 2 atom stereocenters. The Balaban J connectivity index is 1.27. The summed E-state index contributed by atoms with van der Waals surface area (Å²) >= 11 is 7.01. The molecule has 1 saturated heterocycles. The summed E-state index contributed by atoms with van der Waals surface area (Å²) in [6.07, 6.45) is 1.77. The molecule has 2 unspecified atom stereocenters. The number of aliphatic carboxylic acids is 1. The van der Waals surface area contributed by atoms with Crippen LogP contribution in [0.15, 0.2) is 64.9 Å². The molecule has 8 nitrogen and oxygen atoms in total. The molecule has 0 bridgehead atoms. The molecule has 3 aromatic rings. The first kappa shape index (κ1) is 27.8. The molecule has 39 heavy (non-hydrogen) atoms. The van der Waals surface area contributed by atoms with Crippen molar-refractivity contribution in [2.24, 2.45) is 0 Å². The molecule has 2 fully saturated rings. The van der Waals surface area contributed by atoms with Gasteiger partial charge in [0.15, 0.2) is 0 Å². The Labute approximate surface area is 236 Å². The quantitative estimate of drug-likeness (QED) is 0.343. The second-order valence-electron chi connectivity index (χ2n) is 10.1. The Kier molecular flexibility index (Phi) is 7.85. The van der Waals surface area contributed by atoms with Crippen molar-refractivity contribution < 1.29 is 28.2 Å². The standard InChI is InChI=1S/C28H29ClN2O6S2/c29-21-7-5-19(6-8-21)24-9-11-26(38-24)39(36,37)30-28(27(34)35)17-23(28)20-3-1-2-18(16-20)4-10-25(33)31-14-12-22(32)13-15-31/h1-3,5-9,11,16,22-23,30,32H,4,10,12-15,17H2,(H,34,35). The van der Waals surface area contributed by atoms with Gasteiger partial charge in [0, 0.05) is 35.3 Å². The summed E-state index contributed by atoms with van der Waals surface area (Å²) in [4.78, 5) is 27.4. The number of likely N-dealkylation sites (tertiary alicyclic amines) is 1. The van der Waals surface area contributed by atoms with E-state index in [1.54, 1.807) is 41.3 Å². The highest BCUT2D eigenvalue weighted by Crippen LogP contribution is 2.53. The van der Waals surface area contributed by atoms with E-state index in [1.807, 2.05) is 18.2 Å². The van der Waals surface area contributed by atoms with Gasteiger partial charge in [-0.05, 0) is 66.6 Å². The van der Waals surface area contributed by atoms with Gasteiger partial charge in [0.25, 0.3) is 10.0 Å². The summed E-state index contributed by atoms with van der Waals surface area (Å²) in [6.45, 7) is 1.10. The fourth-order valence-corrected chi connectivity index (χ4v) is 7.91. The van der Waals surface area contributed by atoms with Crippen molar-refractivity contribution in [3.63, 3.8) is 0 Å². The van der Waals surface area contributed by atoms with E-state index in [1.165, 1.54) is 6.07 Å². The van der Waals surface area contributed by atoms with Crippen molar-refractivity contribution in [3.05, 3.63) is 76.8 Å². The summed E-state index contributed by atoms with van der Waals surface area (Å²) in [5.74, 6) is -1.72. The van der Waals surface area contributed by atoms with E-state index in [0.29, 0.717) is 43.8 Å². The molecule has 1 aliphatic carbocycles. The zero-order chi connectivity index (χ0) is 27.8. The lowest BCUT2D eigenvalue weighted by molar-refractivity contribution is -0.140. The first-order valence-corrected chi connectivity index (χ1v) is 15.4. The molecule has 11 heteroatoms. The number of piperidine rings is 1. The Bertz CT molecular complexity index is 1480. The van der Waals surface area contributed by atoms with E-state index in [0.717, 1.165) is 32.9 Å². The zero-order valence-electron chi connectivity index (χ0n) is 21.0. The van der Waals surface area contributed by atoms with Gasteiger partial charge < -0.3 is 15.1 Å². The van der Waals surface area contributed by atoms with Crippen LogP contribution in [0.4, 0.5) is 0 Å². The number of amides is 1. The minimum Gasteiger partial charge on any atom is -0.480 e. The zero-order valence-corrected chi connectivity index (χ0v) is 23.4.